The van der Waals surface area contributed by atoms with Crippen LogP contribution in [0.1, 0.15) is 39.2 Å². The first-order chi connectivity index (χ1) is 11.3. The third-order valence-corrected chi connectivity index (χ3v) is 4.74. The van der Waals surface area contributed by atoms with Gasteiger partial charge in [0.2, 0.25) is 5.91 Å². The second-order valence-electron chi connectivity index (χ2n) is 7.34. The summed E-state index contributed by atoms with van der Waals surface area (Å²) in [6, 6.07) is 8.36. The van der Waals surface area contributed by atoms with E-state index in [1.807, 2.05) is 26.8 Å². The van der Waals surface area contributed by atoms with Crippen LogP contribution >= 0.6 is 15.9 Å². The molecule has 1 aromatic rings. The van der Waals surface area contributed by atoms with Crippen molar-refractivity contribution >= 4 is 27.8 Å². The largest absolute Gasteiger partial charge is 0.356 e. The van der Waals surface area contributed by atoms with Crippen LogP contribution in [0, 0.1) is 0 Å². The first kappa shape index (κ1) is 18.8. The molecule has 1 aromatic carbocycles. The number of nitrogens with zero attached hydrogens (tertiary/aromatic N) is 1. The molecule has 0 aromatic heterocycles. The Balaban J connectivity index is 1.86. The molecule has 0 atom stereocenters. The number of carbonyl (C=O) groups is 1. The molecule has 1 aliphatic carbocycles. The lowest BCUT2D eigenvalue weighted by Gasteiger charge is -2.22. The zero-order valence-corrected chi connectivity index (χ0v) is 16.5. The van der Waals surface area contributed by atoms with Gasteiger partial charge in [0.1, 0.15) is 0 Å². The Morgan fingerprint density at radius 1 is 1.25 bits per heavy atom. The maximum atomic E-state index is 11.9. The summed E-state index contributed by atoms with van der Waals surface area (Å²) in [6.45, 7) is 6.90. The van der Waals surface area contributed by atoms with Gasteiger partial charge in [0, 0.05) is 29.0 Å². The van der Waals surface area contributed by atoms with Gasteiger partial charge < -0.3 is 16.0 Å². The zero-order chi connectivity index (χ0) is 17.8. The summed E-state index contributed by atoms with van der Waals surface area (Å²) in [5, 5.41) is 9.35. The Morgan fingerprint density at radius 2 is 1.92 bits per heavy atom. The van der Waals surface area contributed by atoms with Crippen molar-refractivity contribution in [2.75, 3.05) is 20.1 Å². The fourth-order valence-corrected chi connectivity index (χ4v) is 3.39. The highest BCUT2D eigenvalue weighted by Crippen LogP contribution is 2.49. The highest BCUT2D eigenvalue weighted by atomic mass is 79.9. The lowest BCUT2D eigenvalue weighted by atomic mass is 9.96. The SMILES string of the molecule is CN=C(NCC(=O)NC(C)(C)C)NCC1(c2ccccc2Br)CC1. The molecule has 1 saturated carbocycles. The molecule has 1 fully saturated rings. The van der Waals surface area contributed by atoms with Crippen LogP contribution in [0.25, 0.3) is 0 Å². The lowest BCUT2D eigenvalue weighted by Crippen LogP contribution is -2.49. The minimum atomic E-state index is -0.229. The van der Waals surface area contributed by atoms with E-state index in [9.17, 15) is 4.79 Å². The smallest absolute Gasteiger partial charge is 0.239 e. The van der Waals surface area contributed by atoms with Gasteiger partial charge in [0.25, 0.3) is 0 Å². The molecule has 1 amide bonds. The summed E-state index contributed by atoms with van der Waals surface area (Å²) >= 11 is 3.65. The Kier molecular flexibility index (Phi) is 5.91. The molecule has 0 unspecified atom stereocenters. The van der Waals surface area contributed by atoms with Crippen LogP contribution in [0.2, 0.25) is 0 Å². The average molecular weight is 395 g/mol. The number of hydrogen-bond donors (Lipinski definition) is 3. The maximum absolute atomic E-state index is 11.9. The van der Waals surface area contributed by atoms with Gasteiger partial charge in [0.05, 0.1) is 6.54 Å². The van der Waals surface area contributed by atoms with Crippen molar-refractivity contribution < 1.29 is 4.79 Å². The average Bonchev–Trinajstić information content (AvgIpc) is 3.27. The second kappa shape index (κ2) is 7.55. The normalized spacial score (nSPS) is 16.5. The zero-order valence-electron chi connectivity index (χ0n) is 14.9. The van der Waals surface area contributed by atoms with Crippen LogP contribution in [0.5, 0.6) is 0 Å². The third-order valence-electron chi connectivity index (χ3n) is 4.05. The predicted octanol–water partition coefficient (Wildman–Crippen LogP) is 2.56. The van der Waals surface area contributed by atoms with E-state index in [1.54, 1.807) is 7.05 Å². The number of benzene rings is 1. The van der Waals surface area contributed by atoms with Gasteiger partial charge in [-0.3, -0.25) is 9.79 Å². The molecular formula is C18H27BrN4O. The van der Waals surface area contributed by atoms with Crippen molar-refractivity contribution in [2.24, 2.45) is 4.99 Å². The van der Waals surface area contributed by atoms with Gasteiger partial charge >= 0.3 is 0 Å². The standard InChI is InChI=1S/C18H27BrN4O/c1-17(2,3)23-15(24)11-21-16(20-4)22-12-18(9-10-18)13-7-5-6-8-14(13)19/h5-8H,9-12H2,1-4H3,(H,23,24)(H2,20,21,22). The molecule has 2 rings (SSSR count). The molecule has 3 N–H and O–H groups in total. The van der Waals surface area contributed by atoms with Crippen molar-refractivity contribution in [1.29, 1.82) is 0 Å². The van der Waals surface area contributed by atoms with E-state index in [0.717, 1.165) is 23.9 Å². The molecule has 0 spiro atoms. The van der Waals surface area contributed by atoms with Crippen LogP contribution in [0.15, 0.2) is 33.7 Å². The second-order valence-corrected chi connectivity index (χ2v) is 8.19. The van der Waals surface area contributed by atoms with E-state index in [4.69, 9.17) is 0 Å². The van der Waals surface area contributed by atoms with Crippen LogP contribution in [-0.2, 0) is 10.2 Å². The van der Waals surface area contributed by atoms with Crippen molar-refractivity contribution in [3.63, 3.8) is 0 Å². The summed E-state index contributed by atoms with van der Waals surface area (Å²) < 4.78 is 1.15. The highest BCUT2D eigenvalue weighted by molar-refractivity contribution is 9.10. The number of hydrogen-bond acceptors (Lipinski definition) is 2. The number of carbonyl (C=O) groups excluding carboxylic acids is 1. The van der Waals surface area contributed by atoms with Crippen molar-refractivity contribution in [2.45, 2.75) is 44.6 Å². The summed E-state index contributed by atoms with van der Waals surface area (Å²) in [7, 11) is 1.72. The molecule has 5 nitrogen and oxygen atoms in total. The summed E-state index contributed by atoms with van der Waals surface area (Å²) in [6.07, 6.45) is 2.31. The van der Waals surface area contributed by atoms with E-state index in [0.29, 0.717) is 5.96 Å². The minimum Gasteiger partial charge on any atom is -0.356 e. The van der Waals surface area contributed by atoms with E-state index in [-0.39, 0.29) is 23.4 Å². The lowest BCUT2D eigenvalue weighted by molar-refractivity contribution is -0.121. The molecule has 132 valence electrons. The Hall–Kier alpha value is -1.56. The number of guanidine groups is 1. The molecule has 0 heterocycles. The van der Waals surface area contributed by atoms with Crippen LogP contribution < -0.4 is 16.0 Å². The number of rotatable bonds is 5. The van der Waals surface area contributed by atoms with Crippen molar-refractivity contribution in [1.82, 2.24) is 16.0 Å². The molecule has 0 radical (unpaired) electrons. The van der Waals surface area contributed by atoms with Gasteiger partial charge in [-0.15, -0.1) is 0 Å². The Bertz CT molecular complexity index is 618. The molecule has 1 aliphatic rings. The topological polar surface area (TPSA) is 65.5 Å². The van der Waals surface area contributed by atoms with Crippen LogP contribution in [0.3, 0.4) is 0 Å². The number of amides is 1. The number of aliphatic imine (C=N–C) groups is 1. The quantitative estimate of drug-likeness (QED) is 0.530. The molecule has 0 saturated heterocycles. The first-order valence-corrected chi connectivity index (χ1v) is 9.06. The fourth-order valence-electron chi connectivity index (χ4n) is 2.68. The molecule has 24 heavy (non-hydrogen) atoms. The molecule has 0 aliphatic heterocycles. The summed E-state index contributed by atoms with van der Waals surface area (Å²) in [5.41, 5.74) is 1.26. The summed E-state index contributed by atoms with van der Waals surface area (Å²) in [4.78, 5) is 16.1. The van der Waals surface area contributed by atoms with Gasteiger partial charge in [-0.1, -0.05) is 34.1 Å². The predicted molar refractivity (Wildman–Crippen MR) is 102 cm³/mol. The van der Waals surface area contributed by atoms with E-state index >= 15 is 0 Å². The van der Waals surface area contributed by atoms with Gasteiger partial charge in [-0.2, -0.15) is 0 Å². The number of halogens is 1. The van der Waals surface area contributed by atoms with E-state index < -0.39 is 0 Å². The monoisotopic (exact) mass is 394 g/mol. The fraction of sp³-hybridized carbons (Fsp3) is 0.556. The minimum absolute atomic E-state index is 0.0441. The molecule has 6 heteroatoms. The summed E-state index contributed by atoms with van der Waals surface area (Å²) in [5.74, 6) is 0.606. The van der Waals surface area contributed by atoms with Gasteiger partial charge in [-0.25, -0.2) is 0 Å². The third kappa shape index (κ3) is 5.23. The Morgan fingerprint density at radius 3 is 2.46 bits per heavy atom. The Labute approximate surface area is 152 Å². The number of nitrogens with one attached hydrogen (secondary N) is 3. The van der Waals surface area contributed by atoms with Gasteiger partial charge in [-0.05, 0) is 45.2 Å². The maximum Gasteiger partial charge on any atom is 0.239 e. The van der Waals surface area contributed by atoms with E-state index in [1.165, 1.54) is 5.56 Å². The first-order valence-electron chi connectivity index (χ1n) is 8.26. The van der Waals surface area contributed by atoms with E-state index in [2.05, 4.69) is 55.1 Å². The van der Waals surface area contributed by atoms with Crippen molar-refractivity contribution in [3.05, 3.63) is 34.3 Å². The molecule has 0 bridgehead atoms. The van der Waals surface area contributed by atoms with Crippen molar-refractivity contribution in [3.8, 4) is 0 Å². The highest BCUT2D eigenvalue weighted by Gasteiger charge is 2.45. The molecular weight excluding hydrogens is 368 g/mol. The van der Waals surface area contributed by atoms with Crippen LogP contribution in [0.4, 0.5) is 0 Å². The van der Waals surface area contributed by atoms with Gasteiger partial charge in [0.15, 0.2) is 5.96 Å². The van der Waals surface area contributed by atoms with Crippen LogP contribution in [-0.4, -0.2) is 37.5 Å².